The van der Waals surface area contributed by atoms with Crippen molar-refractivity contribution in [3.63, 3.8) is 0 Å². The quantitative estimate of drug-likeness (QED) is 0.730. The highest BCUT2D eigenvalue weighted by atomic mass is 16.6. The van der Waals surface area contributed by atoms with Gasteiger partial charge in [-0.1, -0.05) is 30.3 Å². The Labute approximate surface area is 163 Å². The van der Waals surface area contributed by atoms with E-state index in [9.17, 15) is 4.79 Å². The molecule has 1 aliphatic heterocycles. The molecule has 1 heterocycles. The predicted octanol–water partition coefficient (Wildman–Crippen LogP) is 2.91. The molecule has 0 aliphatic carbocycles. The topological polar surface area (TPSA) is 96.0 Å². The van der Waals surface area contributed by atoms with Gasteiger partial charge in [-0.05, 0) is 57.4 Å². The monoisotopic (exact) mass is 380 g/mol. The Bertz CT molecular complexity index is 527. The van der Waals surface area contributed by atoms with Crippen LogP contribution in [0.3, 0.4) is 0 Å². The first-order chi connectivity index (χ1) is 12.7. The zero-order valence-corrected chi connectivity index (χ0v) is 17.0. The molecule has 1 amide bonds. The SMILES string of the molecule is CC(C)(C)OC(=O)N1CCC(CCO)(CCO)CC1.NCc1ccccc1. The van der Waals surface area contributed by atoms with E-state index in [-0.39, 0.29) is 24.7 Å². The molecule has 1 fully saturated rings. The highest BCUT2D eigenvalue weighted by Crippen LogP contribution is 2.38. The van der Waals surface area contributed by atoms with Gasteiger partial charge < -0.3 is 25.6 Å². The second kappa shape index (κ2) is 11.3. The molecule has 1 aromatic carbocycles. The molecular weight excluding hydrogens is 344 g/mol. The van der Waals surface area contributed by atoms with Gasteiger partial charge in [-0.2, -0.15) is 0 Å². The smallest absolute Gasteiger partial charge is 0.410 e. The summed E-state index contributed by atoms with van der Waals surface area (Å²) in [6.07, 6.45) is 2.74. The van der Waals surface area contributed by atoms with Crippen LogP contribution >= 0.6 is 0 Å². The lowest BCUT2D eigenvalue weighted by Crippen LogP contribution is -2.45. The van der Waals surface area contributed by atoms with Gasteiger partial charge in [0.15, 0.2) is 0 Å². The minimum absolute atomic E-state index is 0.0258. The van der Waals surface area contributed by atoms with Gasteiger partial charge in [-0.25, -0.2) is 4.79 Å². The van der Waals surface area contributed by atoms with Crippen molar-refractivity contribution >= 4 is 6.09 Å². The number of nitrogens with zero attached hydrogens (tertiary/aromatic N) is 1. The van der Waals surface area contributed by atoms with Crippen LogP contribution in [-0.4, -0.2) is 53.1 Å². The van der Waals surface area contributed by atoms with Crippen molar-refractivity contribution < 1.29 is 19.7 Å². The molecule has 0 unspecified atom stereocenters. The molecule has 1 aromatic rings. The maximum absolute atomic E-state index is 11.9. The van der Waals surface area contributed by atoms with Crippen molar-refractivity contribution in [3.05, 3.63) is 35.9 Å². The van der Waals surface area contributed by atoms with E-state index in [0.29, 0.717) is 32.5 Å². The first kappa shape index (κ1) is 23.4. The summed E-state index contributed by atoms with van der Waals surface area (Å²) < 4.78 is 5.35. The van der Waals surface area contributed by atoms with Gasteiger partial charge in [0.2, 0.25) is 0 Å². The number of ether oxygens (including phenoxy) is 1. The Morgan fingerprint density at radius 1 is 1.11 bits per heavy atom. The van der Waals surface area contributed by atoms with E-state index < -0.39 is 5.60 Å². The predicted molar refractivity (Wildman–Crippen MR) is 107 cm³/mol. The van der Waals surface area contributed by atoms with Gasteiger partial charge in [-0.15, -0.1) is 0 Å². The summed E-state index contributed by atoms with van der Waals surface area (Å²) in [7, 11) is 0. The van der Waals surface area contributed by atoms with Crippen LogP contribution in [0.2, 0.25) is 0 Å². The molecule has 0 spiro atoms. The molecule has 4 N–H and O–H groups in total. The Kier molecular flexibility index (Phi) is 9.77. The Morgan fingerprint density at radius 3 is 2.00 bits per heavy atom. The maximum Gasteiger partial charge on any atom is 0.410 e. The number of likely N-dealkylation sites (tertiary alicyclic amines) is 1. The second-order valence-corrected chi connectivity index (χ2v) is 8.10. The first-order valence-corrected chi connectivity index (χ1v) is 9.69. The molecular formula is C21H36N2O4. The van der Waals surface area contributed by atoms with Crippen LogP contribution in [0.5, 0.6) is 0 Å². The van der Waals surface area contributed by atoms with Crippen LogP contribution in [-0.2, 0) is 11.3 Å². The van der Waals surface area contributed by atoms with Crippen LogP contribution in [0.1, 0.15) is 52.0 Å². The van der Waals surface area contributed by atoms with E-state index >= 15 is 0 Å². The summed E-state index contributed by atoms with van der Waals surface area (Å²) in [5, 5.41) is 18.3. The molecule has 0 atom stereocenters. The number of aliphatic hydroxyl groups is 2. The van der Waals surface area contributed by atoms with E-state index in [4.69, 9.17) is 20.7 Å². The summed E-state index contributed by atoms with van der Waals surface area (Å²) >= 11 is 0. The number of nitrogens with two attached hydrogens (primary N) is 1. The van der Waals surface area contributed by atoms with Crippen molar-refractivity contribution in [3.8, 4) is 0 Å². The van der Waals surface area contributed by atoms with Crippen molar-refractivity contribution in [1.82, 2.24) is 4.90 Å². The molecule has 0 radical (unpaired) electrons. The van der Waals surface area contributed by atoms with Crippen molar-refractivity contribution in [2.75, 3.05) is 26.3 Å². The fourth-order valence-corrected chi connectivity index (χ4v) is 3.20. The third kappa shape index (κ3) is 8.73. The van der Waals surface area contributed by atoms with Gasteiger partial charge in [0.25, 0.3) is 0 Å². The molecule has 6 nitrogen and oxygen atoms in total. The summed E-state index contributed by atoms with van der Waals surface area (Å²) in [4.78, 5) is 13.7. The summed E-state index contributed by atoms with van der Waals surface area (Å²) in [5.41, 5.74) is 6.04. The second-order valence-electron chi connectivity index (χ2n) is 8.10. The molecule has 27 heavy (non-hydrogen) atoms. The largest absolute Gasteiger partial charge is 0.444 e. The Morgan fingerprint density at radius 2 is 1.63 bits per heavy atom. The maximum atomic E-state index is 11.9. The molecule has 154 valence electrons. The van der Waals surface area contributed by atoms with Crippen LogP contribution in [0.25, 0.3) is 0 Å². The lowest BCUT2D eigenvalue weighted by Gasteiger charge is -2.41. The van der Waals surface area contributed by atoms with E-state index in [2.05, 4.69) is 0 Å². The molecule has 1 saturated heterocycles. The highest BCUT2D eigenvalue weighted by Gasteiger charge is 2.36. The minimum atomic E-state index is -0.470. The molecule has 1 aliphatic rings. The average Bonchev–Trinajstić information content (AvgIpc) is 2.62. The number of carbonyl (C=O) groups excluding carboxylic acids is 1. The lowest BCUT2D eigenvalue weighted by molar-refractivity contribution is 0.00260. The van der Waals surface area contributed by atoms with Gasteiger partial charge in [-0.3, -0.25) is 0 Å². The van der Waals surface area contributed by atoms with Crippen LogP contribution in [0, 0.1) is 5.41 Å². The lowest BCUT2D eigenvalue weighted by atomic mass is 9.73. The van der Waals surface area contributed by atoms with Crippen LogP contribution in [0.4, 0.5) is 4.79 Å². The zero-order chi connectivity index (χ0) is 20.3. The normalized spacial score (nSPS) is 16.3. The van der Waals surface area contributed by atoms with Gasteiger partial charge in [0, 0.05) is 32.8 Å². The van der Waals surface area contributed by atoms with Crippen LogP contribution < -0.4 is 5.73 Å². The minimum Gasteiger partial charge on any atom is -0.444 e. The van der Waals surface area contributed by atoms with Gasteiger partial charge in [0.1, 0.15) is 5.60 Å². The summed E-state index contributed by atoms with van der Waals surface area (Å²) in [5.74, 6) is 0. The van der Waals surface area contributed by atoms with E-state index in [1.807, 2.05) is 51.1 Å². The first-order valence-electron chi connectivity index (χ1n) is 9.69. The number of hydrogen-bond acceptors (Lipinski definition) is 5. The average molecular weight is 381 g/mol. The molecule has 2 rings (SSSR count). The number of piperidine rings is 1. The third-order valence-electron chi connectivity index (χ3n) is 4.84. The van der Waals surface area contributed by atoms with Crippen molar-refractivity contribution in [2.24, 2.45) is 11.1 Å². The van der Waals surface area contributed by atoms with Crippen molar-refractivity contribution in [1.29, 1.82) is 0 Å². The Balaban J connectivity index is 0.000000377. The Hall–Kier alpha value is -1.63. The fraction of sp³-hybridized carbons (Fsp3) is 0.667. The number of aliphatic hydroxyl groups excluding tert-OH is 2. The number of rotatable bonds is 5. The van der Waals surface area contributed by atoms with Gasteiger partial charge >= 0.3 is 6.09 Å². The molecule has 6 heteroatoms. The van der Waals surface area contributed by atoms with Crippen molar-refractivity contribution in [2.45, 2.75) is 58.6 Å². The van der Waals surface area contributed by atoms with Gasteiger partial charge in [0.05, 0.1) is 0 Å². The highest BCUT2D eigenvalue weighted by molar-refractivity contribution is 5.68. The number of carbonyl (C=O) groups is 1. The number of hydrogen-bond donors (Lipinski definition) is 3. The molecule has 0 bridgehead atoms. The summed E-state index contributed by atoms with van der Waals surface area (Å²) in [6.45, 7) is 7.74. The molecule has 0 aromatic heterocycles. The zero-order valence-electron chi connectivity index (χ0n) is 17.0. The third-order valence-corrected chi connectivity index (χ3v) is 4.84. The summed E-state index contributed by atoms with van der Waals surface area (Å²) in [6, 6.07) is 9.99. The fourth-order valence-electron chi connectivity index (χ4n) is 3.20. The molecule has 0 saturated carbocycles. The van der Waals surface area contributed by atoms with E-state index in [1.165, 1.54) is 5.56 Å². The number of amides is 1. The standard InChI is InChI=1S/C14H27NO4.C7H9N/c1-13(2,3)19-12(18)15-8-4-14(5-9-15,6-10-16)7-11-17;8-6-7-4-2-1-3-5-7/h16-17H,4-11H2,1-3H3;1-5H,6,8H2. The number of benzene rings is 1. The van der Waals surface area contributed by atoms with Crippen LogP contribution in [0.15, 0.2) is 30.3 Å². The van der Waals surface area contributed by atoms with E-state index in [0.717, 1.165) is 12.8 Å². The van der Waals surface area contributed by atoms with E-state index in [1.54, 1.807) is 4.90 Å².